The molecule has 1 aromatic carbocycles. The molecule has 1 amide bonds. The number of aromatic nitrogens is 2. The molecule has 0 saturated carbocycles. The number of amides is 1. The number of rotatable bonds is 4. The first-order valence-electron chi connectivity index (χ1n) is 9.10. The molecule has 1 aromatic heterocycles. The second-order valence-electron chi connectivity index (χ2n) is 6.99. The minimum Gasteiger partial charge on any atom is -0.339 e. The minimum atomic E-state index is -0.255. The van der Waals surface area contributed by atoms with Crippen LogP contribution in [0.25, 0.3) is 0 Å². The van der Waals surface area contributed by atoms with Crippen LogP contribution in [0.5, 0.6) is 0 Å². The number of nitrogens with zero attached hydrogens (tertiary/aromatic N) is 5. The maximum absolute atomic E-state index is 13.3. The first-order valence-corrected chi connectivity index (χ1v) is 9.10. The smallest absolute Gasteiger partial charge is 0.244 e. The van der Waals surface area contributed by atoms with Gasteiger partial charge in [0.1, 0.15) is 6.04 Å². The van der Waals surface area contributed by atoms with Crippen LogP contribution < -0.4 is 4.90 Å². The van der Waals surface area contributed by atoms with Gasteiger partial charge in [-0.25, -0.2) is 9.97 Å². The van der Waals surface area contributed by atoms with Gasteiger partial charge in [0, 0.05) is 38.6 Å². The standard InChI is InChI=1S/C20H27N5O/c1-16-7-4-8-17(15-16)18(23(2)3)19(26)24-11-6-12-25(14-13-24)20-21-9-5-10-22-20/h4-5,7-10,15,18H,6,11-14H2,1-3H3/t18-/m0/s1. The molecule has 1 atom stereocenters. The number of aryl methyl sites for hydroxylation is 1. The van der Waals surface area contributed by atoms with Gasteiger partial charge in [-0.1, -0.05) is 29.8 Å². The molecule has 0 aliphatic carbocycles. The molecule has 6 heteroatoms. The highest BCUT2D eigenvalue weighted by molar-refractivity contribution is 5.83. The average Bonchev–Trinajstić information content (AvgIpc) is 2.88. The lowest BCUT2D eigenvalue weighted by atomic mass is 10.0. The Morgan fingerprint density at radius 3 is 2.54 bits per heavy atom. The number of carbonyl (C=O) groups is 1. The van der Waals surface area contributed by atoms with Gasteiger partial charge >= 0.3 is 0 Å². The van der Waals surface area contributed by atoms with E-state index in [9.17, 15) is 4.79 Å². The van der Waals surface area contributed by atoms with E-state index in [-0.39, 0.29) is 11.9 Å². The summed E-state index contributed by atoms with van der Waals surface area (Å²) >= 11 is 0. The first-order chi connectivity index (χ1) is 12.6. The van der Waals surface area contributed by atoms with Crippen molar-refractivity contribution >= 4 is 11.9 Å². The Labute approximate surface area is 155 Å². The molecule has 138 valence electrons. The van der Waals surface area contributed by atoms with E-state index in [1.54, 1.807) is 12.4 Å². The third-order valence-electron chi connectivity index (χ3n) is 4.75. The second kappa shape index (κ2) is 8.27. The zero-order valence-corrected chi connectivity index (χ0v) is 15.8. The summed E-state index contributed by atoms with van der Waals surface area (Å²) in [4.78, 5) is 28.1. The second-order valence-corrected chi connectivity index (χ2v) is 6.99. The van der Waals surface area contributed by atoms with Crippen molar-refractivity contribution in [2.75, 3.05) is 45.2 Å². The monoisotopic (exact) mass is 353 g/mol. The molecule has 0 unspecified atom stereocenters. The van der Waals surface area contributed by atoms with Gasteiger partial charge in [0.05, 0.1) is 0 Å². The molecular formula is C20H27N5O. The van der Waals surface area contributed by atoms with Crippen molar-refractivity contribution in [1.82, 2.24) is 19.8 Å². The molecule has 26 heavy (non-hydrogen) atoms. The maximum Gasteiger partial charge on any atom is 0.244 e. The van der Waals surface area contributed by atoms with Crippen molar-refractivity contribution in [2.24, 2.45) is 0 Å². The molecule has 1 fully saturated rings. The van der Waals surface area contributed by atoms with E-state index in [0.717, 1.165) is 37.6 Å². The first kappa shape index (κ1) is 18.3. The molecule has 1 saturated heterocycles. The highest BCUT2D eigenvalue weighted by Crippen LogP contribution is 2.23. The number of carbonyl (C=O) groups excluding carboxylic acids is 1. The third-order valence-corrected chi connectivity index (χ3v) is 4.75. The van der Waals surface area contributed by atoms with Crippen molar-refractivity contribution in [3.05, 3.63) is 53.9 Å². The Balaban J connectivity index is 1.74. The van der Waals surface area contributed by atoms with Gasteiger partial charge in [0.2, 0.25) is 11.9 Å². The highest BCUT2D eigenvalue weighted by atomic mass is 16.2. The molecule has 1 aliphatic heterocycles. The van der Waals surface area contributed by atoms with Gasteiger partial charge in [0.15, 0.2) is 0 Å². The van der Waals surface area contributed by atoms with Crippen molar-refractivity contribution < 1.29 is 4.79 Å². The zero-order valence-electron chi connectivity index (χ0n) is 15.8. The Morgan fingerprint density at radius 2 is 1.85 bits per heavy atom. The molecule has 2 aromatic rings. The molecule has 0 bridgehead atoms. The van der Waals surface area contributed by atoms with Crippen LogP contribution in [0.1, 0.15) is 23.6 Å². The van der Waals surface area contributed by atoms with E-state index in [2.05, 4.69) is 33.9 Å². The lowest BCUT2D eigenvalue weighted by Gasteiger charge is -2.30. The van der Waals surface area contributed by atoms with E-state index in [4.69, 9.17) is 0 Å². The van der Waals surface area contributed by atoms with Crippen LogP contribution in [-0.2, 0) is 4.79 Å². The molecule has 6 nitrogen and oxygen atoms in total. The maximum atomic E-state index is 13.3. The van der Waals surface area contributed by atoms with Gasteiger partial charge in [-0.2, -0.15) is 0 Å². The number of likely N-dealkylation sites (N-methyl/N-ethyl adjacent to an activating group) is 1. The fourth-order valence-corrected chi connectivity index (χ4v) is 3.47. The van der Waals surface area contributed by atoms with Crippen LogP contribution >= 0.6 is 0 Å². The molecule has 1 aliphatic rings. The summed E-state index contributed by atoms with van der Waals surface area (Å²) in [5.74, 6) is 0.904. The van der Waals surface area contributed by atoms with Gasteiger partial charge in [-0.3, -0.25) is 9.69 Å². The lowest BCUT2D eigenvalue weighted by molar-refractivity contribution is -0.136. The summed E-state index contributed by atoms with van der Waals surface area (Å²) < 4.78 is 0. The van der Waals surface area contributed by atoms with Crippen molar-refractivity contribution in [3.63, 3.8) is 0 Å². The summed E-state index contributed by atoms with van der Waals surface area (Å²) in [5, 5.41) is 0. The van der Waals surface area contributed by atoms with Gasteiger partial charge in [-0.15, -0.1) is 0 Å². The fourth-order valence-electron chi connectivity index (χ4n) is 3.47. The molecule has 3 rings (SSSR count). The summed E-state index contributed by atoms with van der Waals surface area (Å²) in [6.07, 6.45) is 4.43. The van der Waals surface area contributed by atoms with Crippen LogP contribution in [-0.4, -0.2) is 65.9 Å². The normalized spacial score (nSPS) is 16.5. The van der Waals surface area contributed by atoms with Crippen molar-refractivity contribution in [2.45, 2.75) is 19.4 Å². The van der Waals surface area contributed by atoms with E-state index >= 15 is 0 Å². The van der Waals surface area contributed by atoms with E-state index in [1.807, 2.05) is 42.1 Å². The van der Waals surface area contributed by atoms with Gasteiger partial charge in [-0.05, 0) is 39.1 Å². The van der Waals surface area contributed by atoms with Crippen LogP contribution in [0.15, 0.2) is 42.7 Å². The topological polar surface area (TPSA) is 52.6 Å². The summed E-state index contributed by atoms with van der Waals surface area (Å²) in [5.41, 5.74) is 2.22. The number of anilines is 1. The zero-order chi connectivity index (χ0) is 18.5. The Hall–Kier alpha value is -2.47. The minimum absolute atomic E-state index is 0.163. The van der Waals surface area contributed by atoms with Crippen LogP contribution in [0.2, 0.25) is 0 Å². The molecule has 2 heterocycles. The lowest BCUT2D eigenvalue weighted by Crippen LogP contribution is -2.42. The highest BCUT2D eigenvalue weighted by Gasteiger charge is 2.29. The predicted molar refractivity (Wildman–Crippen MR) is 103 cm³/mol. The van der Waals surface area contributed by atoms with E-state index < -0.39 is 0 Å². The van der Waals surface area contributed by atoms with Crippen LogP contribution in [0, 0.1) is 6.92 Å². The Morgan fingerprint density at radius 1 is 1.08 bits per heavy atom. The van der Waals surface area contributed by atoms with Gasteiger partial charge in [0.25, 0.3) is 0 Å². The SMILES string of the molecule is Cc1cccc([C@@H](C(=O)N2CCCN(c3ncccn3)CC2)N(C)C)c1. The van der Waals surface area contributed by atoms with Crippen molar-refractivity contribution in [1.29, 1.82) is 0 Å². The number of hydrogen-bond donors (Lipinski definition) is 0. The quantitative estimate of drug-likeness (QED) is 0.843. The predicted octanol–water partition coefficient (Wildman–Crippen LogP) is 2.13. The third kappa shape index (κ3) is 4.19. The molecule has 0 spiro atoms. The summed E-state index contributed by atoms with van der Waals surface area (Å²) in [7, 11) is 3.93. The van der Waals surface area contributed by atoms with Gasteiger partial charge < -0.3 is 9.80 Å². The largest absolute Gasteiger partial charge is 0.339 e. The van der Waals surface area contributed by atoms with E-state index in [0.29, 0.717) is 6.54 Å². The van der Waals surface area contributed by atoms with Crippen LogP contribution in [0.3, 0.4) is 0 Å². The summed E-state index contributed by atoms with van der Waals surface area (Å²) in [6.45, 7) is 5.13. The van der Waals surface area contributed by atoms with E-state index in [1.165, 1.54) is 5.56 Å². The Bertz CT molecular complexity index is 734. The Kier molecular flexibility index (Phi) is 5.83. The molecular weight excluding hydrogens is 326 g/mol. The fraction of sp³-hybridized carbons (Fsp3) is 0.450. The number of hydrogen-bond acceptors (Lipinski definition) is 5. The van der Waals surface area contributed by atoms with Crippen LogP contribution in [0.4, 0.5) is 5.95 Å². The molecule has 0 radical (unpaired) electrons. The average molecular weight is 353 g/mol. The summed E-state index contributed by atoms with van der Waals surface area (Å²) in [6, 6.07) is 9.78. The van der Waals surface area contributed by atoms with Crippen molar-refractivity contribution in [3.8, 4) is 0 Å². The number of benzene rings is 1. The molecule has 0 N–H and O–H groups in total.